The van der Waals surface area contributed by atoms with Gasteiger partial charge in [-0.3, -0.25) is 0 Å². The number of hydrogen-bond acceptors (Lipinski definition) is 0. The molecule has 0 aromatic heterocycles. The van der Waals surface area contributed by atoms with Crippen LogP contribution < -0.4 is 10.4 Å². The van der Waals surface area contributed by atoms with Gasteiger partial charge in [-0.1, -0.05) is 65.5 Å². The molecule has 0 nitrogen and oxygen atoms in total. The molecule has 0 spiro atoms. The van der Waals surface area contributed by atoms with E-state index in [0.717, 1.165) is 9.52 Å². The summed E-state index contributed by atoms with van der Waals surface area (Å²) in [6.45, 7) is 8.15. The Morgan fingerprint density at radius 2 is 1.71 bits per heavy atom. The number of benzene rings is 2. The second-order valence-electron chi connectivity index (χ2n) is 4.20. The van der Waals surface area contributed by atoms with Crippen molar-refractivity contribution in [3.05, 3.63) is 65.7 Å². The molecular formula is C16H16Si. The Morgan fingerprint density at radius 3 is 2.35 bits per heavy atom. The smallest absolute Gasteiger partial charge is 0.0985 e. The first-order valence-corrected chi connectivity index (χ1v) is 6.76. The van der Waals surface area contributed by atoms with Crippen LogP contribution in [0.3, 0.4) is 0 Å². The Balaban J connectivity index is 2.25. The number of aryl methyl sites for hydroxylation is 1. The lowest BCUT2D eigenvalue weighted by Crippen LogP contribution is -2.29. The Labute approximate surface area is 106 Å². The van der Waals surface area contributed by atoms with Gasteiger partial charge in [0.1, 0.15) is 9.52 Å². The Kier molecular flexibility index (Phi) is 3.60. The van der Waals surface area contributed by atoms with E-state index in [-0.39, 0.29) is 0 Å². The van der Waals surface area contributed by atoms with Gasteiger partial charge in [-0.25, -0.2) is 0 Å². The van der Waals surface area contributed by atoms with Crippen molar-refractivity contribution >= 4 is 26.0 Å². The second kappa shape index (κ2) is 5.15. The lowest BCUT2D eigenvalue weighted by molar-refractivity contribution is 1.37. The van der Waals surface area contributed by atoms with Crippen LogP contribution in [0.1, 0.15) is 16.7 Å². The zero-order valence-electron chi connectivity index (χ0n) is 10.3. The fraction of sp³-hybridized carbons (Fsp3) is 0.125. The highest BCUT2D eigenvalue weighted by atomic mass is 28.2. The molecule has 0 heterocycles. The van der Waals surface area contributed by atoms with Crippen LogP contribution in [0.25, 0.3) is 6.08 Å². The van der Waals surface area contributed by atoms with Crippen LogP contribution in [0.5, 0.6) is 0 Å². The number of rotatable bonds is 3. The molecule has 0 aliphatic rings. The van der Waals surface area contributed by atoms with E-state index in [9.17, 15) is 0 Å². The molecule has 1 heteroatoms. The van der Waals surface area contributed by atoms with Gasteiger partial charge < -0.3 is 0 Å². The van der Waals surface area contributed by atoms with E-state index in [4.69, 9.17) is 0 Å². The topological polar surface area (TPSA) is 0 Å². The van der Waals surface area contributed by atoms with Crippen LogP contribution >= 0.6 is 0 Å². The molecule has 0 saturated carbocycles. The van der Waals surface area contributed by atoms with E-state index >= 15 is 0 Å². The Bertz CT molecular complexity index is 524. The molecule has 2 aromatic rings. The molecule has 17 heavy (non-hydrogen) atoms. The van der Waals surface area contributed by atoms with Gasteiger partial charge in [-0.2, -0.15) is 0 Å². The summed E-state index contributed by atoms with van der Waals surface area (Å²) in [5, 5.41) is 2.82. The maximum absolute atomic E-state index is 3.77. The van der Waals surface area contributed by atoms with E-state index in [1.165, 1.54) is 27.1 Å². The molecule has 0 atom stereocenters. The number of hydrogen-bond donors (Lipinski definition) is 0. The first-order chi connectivity index (χ1) is 8.20. The standard InChI is InChI=1S/C16H16Si/c1-4-14-8-10-15(11-9-14)17-16-7-5-6-12(2)13(16)3/h4-11H,1H2,2-3H3. The zero-order valence-corrected chi connectivity index (χ0v) is 11.3. The van der Waals surface area contributed by atoms with Crippen LogP contribution in [-0.2, 0) is 0 Å². The SMILES string of the molecule is C=Cc1ccc([Si]c2cccc(C)c2C)cc1. The molecule has 84 valence electrons. The molecule has 0 N–H and O–H groups in total. The van der Waals surface area contributed by atoms with Crippen molar-refractivity contribution in [1.82, 2.24) is 0 Å². The second-order valence-corrected chi connectivity index (χ2v) is 5.56. The zero-order chi connectivity index (χ0) is 12.3. The molecule has 2 aromatic carbocycles. The van der Waals surface area contributed by atoms with Gasteiger partial charge in [0.15, 0.2) is 0 Å². The molecule has 0 amide bonds. The first kappa shape index (κ1) is 11.9. The third kappa shape index (κ3) is 2.74. The van der Waals surface area contributed by atoms with E-state index in [2.05, 4.69) is 62.9 Å². The minimum Gasteiger partial charge on any atom is -0.0985 e. The summed E-state index contributed by atoms with van der Waals surface area (Å²) >= 11 is 0. The Hall–Kier alpha value is -1.60. The average molecular weight is 236 g/mol. The molecule has 0 saturated heterocycles. The summed E-state index contributed by atoms with van der Waals surface area (Å²) in [5.41, 5.74) is 3.97. The van der Waals surface area contributed by atoms with Crippen LogP contribution in [0, 0.1) is 13.8 Å². The molecule has 2 radical (unpaired) electrons. The van der Waals surface area contributed by atoms with Crippen molar-refractivity contribution < 1.29 is 0 Å². The van der Waals surface area contributed by atoms with Gasteiger partial charge in [0.2, 0.25) is 0 Å². The lowest BCUT2D eigenvalue weighted by atomic mass is 10.1. The van der Waals surface area contributed by atoms with Crippen LogP contribution in [0.4, 0.5) is 0 Å². The van der Waals surface area contributed by atoms with E-state index < -0.39 is 0 Å². The molecule has 0 fully saturated rings. The summed E-state index contributed by atoms with van der Waals surface area (Å²) in [4.78, 5) is 0. The van der Waals surface area contributed by atoms with Crippen molar-refractivity contribution in [1.29, 1.82) is 0 Å². The van der Waals surface area contributed by atoms with Crippen LogP contribution in [0.15, 0.2) is 49.0 Å². The predicted molar refractivity (Wildman–Crippen MR) is 77.5 cm³/mol. The van der Waals surface area contributed by atoms with Gasteiger partial charge in [-0.05, 0) is 30.5 Å². The molecule has 0 bridgehead atoms. The fourth-order valence-corrected chi connectivity index (χ4v) is 2.95. The molecule has 0 unspecified atom stereocenters. The monoisotopic (exact) mass is 236 g/mol. The minimum absolute atomic E-state index is 0.735. The van der Waals surface area contributed by atoms with Crippen LogP contribution in [-0.4, -0.2) is 9.52 Å². The van der Waals surface area contributed by atoms with Crippen molar-refractivity contribution in [2.75, 3.05) is 0 Å². The van der Waals surface area contributed by atoms with Gasteiger partial charge >= 0.3 is 0 Å². The van der Waals surface area contributed by atoms with Crippen molar-refractivity contribution in [3.63, 3.8) is 0 Å². The Morgan fingerprint density at radius 1 is 1.00 bits per heavy atom. The highest BCUT2D eigenvalue weighted by Crippen LogP contribution is 2.02. The summed E-state index contributed by atoms with van der Waals surface area (Å²) < 4.78 is 0. The highest BCUT2D eigenvalue weighted by Gasteiger charge is 2.03. The van der Waals surface area contributed by atoms with Crippen LogP contribution in [0.2, 0.25) is 0 Å². The predicted octanol–water partition coefficient (Wildman–Crippen LogP) is 2.60. The van der Waals surface area contributed by atoms with Crippen molar-refractivity contribution in [3.8, 4) is 0 Å². The van der Waals surface area contributed by atoms with Crippen molar-refractivity contribution in [2.45, 2.75) is 13.8 Å². The third-order valence-corrected chi connectivity index (χ3v) is 4.46. The van der Waals surface area contributed by atoms with Gasteiger partial charge in [0, 0.05) is 0 Å². The molecule has 0 aliphatic heterocycles. The molecule has 0 aliphatic carbocycles. The minimum atomic E-state index is 0.735. The average Bonchev–Trinajstić information content (AvgIpc) is 2.36. The van der Waals surface area contributed by atoms with E-state index in [1.807, 2.05) is 6.08 Å². The first-order valence-electron chi connectivity index (χ1n) is 5.76. The van der Waals surface area contributed by atoms with Gasteiger partial charge in [0.25, 0.3) is 0 Å². The van der Waals surface area contributed by atoms with Gasteiger partial charge in [0.05, 0.1) is 0 Å². The van der Waals surface area contributed by atoms with E-state index in [1.54, 1.807) is 0 Å². The van der Waals surface area contributed by atoms with Gasteiger partial charge in [-0.15, -0.1) is 0 Å². The lowest BCUT2D eigenvalue weighted by Gasteiger charge is -2.07. The maximum atomic E-state index is 3.77. The summed E-state index contributed by atoms with van der Waals surface area (Å²) in [6.07, 6.45) is 1.88. The quantitative estimate of drug-likeness (QED) is 0.719. The normalized spacial score (nSPS) is 10.2. The summed E-state index contributed by atoms with van der Waals surface area (Å²) in [7, 11) is 0.735. The largest absolute Gasteiger partial charge is 0.121 e. The maximum Gasteiger partial charge on any atom is 0.121 e. The van der Waals surface area contributed by atoms with E-state index in [0.29, 0.717) is 0 Å². The molecule has 2 rings (SSSR count). The highest BCUT2D eigenvalue weighted by molar-refractivity contribution is 6.67. The third-order valence-electron chi connectivity index (χ3n) is 3.03. The summed E-state index contributed by atoms with van der Waals surface area (Å²) in [6, 6.07) is 15.2. The molecular weight excluding hydrogens is 220 g/mol. The fourth-order valence-electron chi connectivity index (χ4n) is 1.74. The summed E-state index contributed by atoms with van der Waals surface area (Å²) in [5.74, 6) is 0. The van der Waals surface area contributed by atoms with Crippen molar-refractivity contribution in [2.24, 2.45) is 0 Å².